The average molecular weight is 531 g/mol. The Morgan fingerprint density at radius 2 is 1.61 bits per heavy atom. The molecule has 3 aromatic rings. The molecule has 0 aromatic heterocycles. The van der Waals surface area contributed by atoms with Gasteiger partial charge in [-0.1, -0.05) is 71.9 Å². The summed E-state index contributed by atoms with van der Waals surface area (Å²) in [5, 5.41) is 0.220. The smallest absolute Gasteiger partial charge is 0.188 e. The van der Waals surface area contributed by atoms with Gasteiger partial charge >= 0.3 is 0 Å². The van der Waals surface area contributed by atoms with Gasteiger partial charge in [-0.05, 0) is 40.3 Å². The van der Waals surface area contributed by atoms with Crippen LogP contribution in [0.25, 0.3) is 0 Å². The highest BCUT2D eigenvalue weighted by Crippen LogP contribution is 2.48. The number of halogens is 3. The van der Waals surface area contributed by atoms with Gasteiger partial charge in [0.05, 0.1) is 8.47 Å². The number of hydrogen-bond donors (Lipinski definition) is 0. The molecule has 0 saturated heterocycles. The van der Waals surface area contributed by atoms with Crippen molar-refractivity contribution in [1.29, 1.82) is 0 Å². The Morgan fingerprint density at radius 3 is 2.25 bits per heavy atom. The van der Waals surface area contributed by atoms with E-state index in [0.717, 1.165) is 10.5 Å². The zero-order valence-corrected chi connectivity index (χ0v) is 18.7. The Balaban J connectivity index is 1.98. The van der Waals surface area contributed by atoms with E-state index in [-0.39, 0.29) is 29.9 Å². The summed E-state index contributed by atoms with van der Waals surface area (Å²) in [5.41, 5.74) is 0.955. The molecule has 0 N–H and O–H groups in total. The topological polar surface area (TPSA) is 27.7 Å². The first kappa shape index (κ1) is 21.2. The summed E-state index contributed by atoms with van der Waals surface area (Å²) in [4.78, 5) is 1.16. The van der Waals surface area contributed by atoms with Crippen molar-refractivity contribution in [3.8, 4) is 11.5 Å². The van der Waals surface area contributed by atoms with Gasteiger partial charge in [-0.25, -0.2) is 4.39 Å². The van der Waals surface area contributed by atoms with Crippen molar-refractivity contribution >= 4 is 46.0 Å². The molecule has 0 spiro atoms. The minimum absolute atomic E-state index is 0.0553. The van der Waals surface area contributed by atoms with E-state index in [1.54, 1.807) is 0 Å². The van der Waals surface area contributed by atoms with Gasteiger partial charge in [0.2, 0.25) is 0 Å². The Kier molecular flexibility index (Phi) is 7.84. The summed E-state index contributed by atoms with van der Waals surface area (Å²) in [6, 6.07) is 19.1. The highest BCUT2D eigenvalue weighted by molar-refractivity contribution is 14.1. The Labute approximate surface area is 186 Å². The van der Waals surface area contributed by atoms with E-state index in [4.69, 9.17) is 25.8 Å². The zero-order chi connectivity index (χ0) is 19.9. The number of methoxy groups -OCH3 is 1. The van der Waals surface area contributed by atoms with Gasteiger partial charge in [-0.15, -0.1) is 0 Å². The summed E-state index contributed by atoms with van der Waals surface area (Å²) in [6.07, 6.45) is 0. The maximum absolute atomic E-state index is 15.3. The van der Waals surface area contributed by atoms with Gasteiger partial charge in [0.1, 0.15) is 11.6 Å². The molecule has 0 saturated carbocycles. The third kappa shape index (κ3) is 5.11. The molecule has 146 valence electrons. The minimum atomic E-state index is -0.437. The SMILES string of the molecule is COCOc1c(Cl)c(OCc2ccccc2)c(I)c(F)c1Sc1ccccc1. The molecule has 28 heavy (non-hydrogen) atoms. The first-order valence-corrected chi connectivity index (χ1v) is 10.6. The van der Waals surface area contributed by atoms with Crippen LogP contribution in [-0.4, -0.2) is 13.9 Å². The summed E-state index contributed by atoms with van der Waals surface area (Å²) in [6.45, 7) is 0.213. The normalized spacial score (nSPS) is 10.7. The molecular weight excluding hydrogens is 514 g/mol. The summed E-state index contributed by atoms with van der Waals surface area (Å²) in [7, 11) is 1.49. The third-order valence-electron chi connectivity index (χ3n) is 3.71. The number of benzene rings is 3. The molecule has 0 bridgehead atoms. The predicted octanol–water partition coefficient (Wildman–Crippen LogP) is 6.80. The van der Waals surface area contributed by atoms with Crippen LogP contribution in [0.1, 0.15) is 5.56 Å². The quantitative estimate of drug-likeness (QED) is 0.182. The van der Waals surface area contributed by atoms with Crippen LogP contribution in [0.3, 0.4) is 0 Å². The van der Waals surface area contributed by atoms with Crippen LogP contribution in [0.2, 0.25) is 5.02 Å². The van der Waals surface area contributed by atoms with E-state index < -0.39 is 5.82 Å². The first-order valence-electron chi connectivity index (χ1n) is 8.33. The second kappa shape index (κ2) is 10.3. The second-order valence-electron chi connectivity index (χ2n) is 5.67. The Morgan fingerprint density at radius 1 is 0.964 bits per heavy atom. The molecule has 3 rings (SSSR count). The van der Waals surface area contributed by atoms with Crippen LogP contribution in [0, 0.1) is 9.39 Å². The lowest BCUT2D eigenvalue weighted by Crippen LogP contribution is -2.06. The van der Waals surface area contributed by atoms with E-state index in [1.807, 2.05) is 83.3 Å². The Bertz CT molecular complexity index is 926. The maximum Gasteiger partial charge on any atom is 0.188 e. The molecule has 3 aromatic carbocycles. The lowest BCUT2D eigenvalue weighted by atomic mass is 10.2. The number of ether oxygens (including phenoxy) is 3. The predicted molar refractivity (Wildman–Crippen MR) is 118 cm³/mol. The highest BCUT2D eigenvalue weighted by atomic mass is 127. The van der Waals surface area contributed by atoms with E-state index in [0.29, 0.717) is 8.47 Å². The third-order valence-corrected chi connectivity index (χ3v) is 6.09. The molecule has 0 aliphatic rings. The van der Waals surface area contributed by atoms with Gasteiger partial charge in [-0.2, -0.15) is 0 Å². The van der Waals surface area contributed by atoms with Crippen molar-refractivity contribution in [3.63, 3.8) is 0 Å². The van der Waals surface area contributed by atoms with Crippen molar-refractivity contribution in [2.75, 3.05) is 13.9 Å². The van der Waals surface area contributed by atoms with Crippen molar-refractivity contribution in [1.82, 2.24) is 0 Å². The fourth-order valence-electron chi connectivity index (χ4n) is 2.40. The minimum Gasteiger partial charge on any atom is -0.486 e. The van der Waals surface area contributed by atoms with Crippen LogP contribution < -0.4 is 9.47 Å². The monoisotopic (exact) mass is 530 g/mol. The fraction of sp³-hybridized carbons (Fsp3) is 0.143. The van der Waals surface area contributed by atoms with Crippen LogP contribution >= 0.6 is 46.0 Å². The molecule has 0 aliphatic heterocycles. The molecule has 0 aliphatic carbocycles. The van der Waals surface area contributed by atoms with E-state index in [1.165, 1.54) is 18.9 Å². The molecule has 0 radical (unpaired) electrons. The lowest BCUT2D eigenvalue weighted by molar-refractivity contribution is 0.0485. The standard InChI is InChI=1S/C21H17ClFIO3S/c1-25-13-27-20-16(22)19(26-12-14-8-4-2-5-9-14)18(24)17(23)21(20)28-15-10-6-3-7-11-15/h2-11H,12-13H2,1H3. The van der Waals surface area contributed by atoms with Crippen molar-refractivity contribution in [2.24, 2.45) is 0 Å². The average Bonchev–Trinajstić information content (AvgIpc) is 2.73. The number of rotatable bonds is 8. The van der Waals surface area contributed by atoms with Crippen LogP contribution in [0.4, 0.5) is 4.39 Å². The van der Waals surface area contributed by atoms with E-state index >= 15 is 4.39 Å². The van der Waals surface area contributed by atoms with Crippen molar-refractivity contribution < 1.29 is 18.6 Å². The summed E-state index contributed by atoms with van der Waals surface area (Å²) < 4.78 is 32.0. The summed E-state index contributed by atoms with van der Waals surface area (Å²) in [5.74, 6) is 0.0264. The van der Waals surface area contributed by atoms with Crippen LogP contribution in [0.5, 0.6) is 11.5 Å². The van der Waals surface area contributed by atoms with Crippen LogP contribution in [0.15, 0.2) is 70.5 Å². The molecule has 0 heterocycles. The molecule has 0 amide bonds. The molecule has 0 atom stereocenters. The van der Waals surface area contributed by atoms with Crippen molar-refractivity contribution in [3.05, 3.63) is 80.6 Å². The maximum atomic E-state index is 15.3. The number of hydrogen-bond acceptors (Lipinski definition) is 4. The molecule has 7 heteroatoms. The highest BCUT2D eigenvalue weighted by Gasteiger charge is 2.25. The van der Waals surface area contributed by atoms with Crippen molar-refractivity contribution in [2.45, 2.75) is 16.4 Å². The first-order chi connectivity index (χ1) is 13.6. The lowest BCUT2D eigenvalue weighted by Gasteiger charge is -2.18. The van der Waals surface area contributed by atoms with Gasteiger partial charge in [0, 0.05) is 12.0 Å². The van der Waals surface area contributed by atoms with Gasteiger partial charge in [0.25, 0.3) is 0 Å². The van der Waals surface area contributed by atoms with E-state index in [2.05, 4.69) is 0 Å². The van der Waals surface area contributed by atoms with Gasteiger partial charge < -0.3 is 14.2 Å². The second-order valence-corrected chi connectivity index (χ2v) is 8.21. The van der Waals surface area contributed by atoms with Crippen LogP contribution in [-0.2, 0) is 11.3 Å². The zero-order valence-electron chi connectivity index (χ0n) is 15.0. The fourth-order valence-corrected chi connectivity index (χ4v) is 4.76. The summed E-state index contributed by atoms with van der Waals surface area (Å²) >= 11 is 9.72. The molecule has 0 unspecified atom stereocenters. The molecule has 3 nitrogen and oxygen atoms in total. The molecule has 0 fully saturated rings. The van der Waals surface area contributed by atoms with E-state index in [9.17, 15) is 0 Å². The molecular formula is C21H17ClFIO3S. The Hall–Kier alpha value is -1.48. The largest absolute Gasteiger partial charge is 0.486 e. The van der Waals surface area contributed by atoms with Gasteiger partial charge in [0.15, 0.2) is 24.1 Å². The van der Waals surface area contributed by atoms with Gasteiger partial charge in [-0.3, -0.25) is 0 Å².